The van der Waals surface area contributed by atoms with E-state index in [2.05, 4.69) is 11.8 Å². The quantitative estimate of drug-likeness (QED) is 0.619. The number of hydrogen-bond donors (Lipinski definition) is 0. The highest BCUT2D eigenvalue weighted by Gasteiger charge is 2.08. The molecule has 19 heavy (non-hydrogen) atoms. The van der Waals surface area contributed by atoms with Gasteiger partial charge in [-0.15, -0.1) is 11.6 Å². The molecule has 0 heterocycles. The lowest BCUT2D eigenvalue weighted by atomic mass is 10.1. The molecular formula is C14H17ClO3S. The van der Waals surface area contributed by atoms with Gasteiger partial charge in [0.05, 0.1) is 11.6 Å². The van der Waals surface area contributed by atoms with Gasteiger partial charge in [-0.25, -0.2) is 8.42 Å². The Balaban J connectivity index is 2.65. The summed E-state index contributed by atoms with van der Waals surface area (Å²) in [5.74, 6) is 6.86. The van der Waals surface area contributed by atoms with Crippen LogP contribution in [0.3, 0.4) is 0 Å². The van der Waals surface area contributed by atoms with E-state index in [1.807, 2.05) is 19.1 Å². The van der Waals surface area contributed by atoms with E-state index in [9.17, 15) is 8.42 Å². The Bertz CT molecular complexity index is 582. The van der Waals surface area contributed by atoms with Gasteiger partial charge in [0, 0.05) is 11.3 Å². The molecule has 0 fully saturated rings. The van der Waals surface area contributed by atoms with E-state index in [4.69, 9.17) is 16.3 Å². The molecule has 104 valence electrons. The van der Waals surface area contributed by atoms with Crippen LogP contribution < -0.4 is 4.74 Å². The third-order valence-corrected chi connectivity index (χ3v) is 4.37. The lowest BCUT2D eigenvalue weighted by molar-refractivity contribution is 0.338. The van der Waals surface area contributed by atoms with Gasteiger partial charge in [-0.1, -0.05) is 18.8 Å². The predicted octanol–water partition coefficient (Wildman–Crippen LogP) is 2.40. The topological polar surface area (TPSA) is 43.4 Å². The summed E-state index contributed by atoms with van der Waals surface area (Å²) >= 11 is 5.49. The highest BCUT2D eigenvalue weighted by molar-refractivity contribution is 7.91. The largest absolute Gasteiger partial charge is 0.492 e. The van der Waals surface area contributed by atoms with Crippen molar-refractivity contribution in [1.82, 2.24) is 0 Å². The van der Waals surface area contributed by atoms with Gasteiger partial charge in [0.2, 0.25) is 0 Å². The normalized spacial score (nSPS) is 10.7. The van der Waals surface area contributed by atoms with E-state index >= 15 is 0 Å². The SMILES string of the molecule is CCS(=O)(=O)CCOc1ccc(C#CCCl)cc1C. The summed E-state index contributed by atoms with van der Waals surface area (Å²) in [6.07, 6.45) is 0. The van der Waals surface area contributed by atoms with Crippen LogP contribution in [0.1, 0.15) is 18.1 Å². The number of rotatable bonds is 5. The van der Waals surface area contributed by atoms with Gasteiger partial charge < -0.3 is 4.74 Å². The number of ether oxygens (including phenoxy) is 1. The smallest absolute Gasteiger partial charge is 0.153 e. The molecule has 1 aromatic carbocycles. The highest BCUT2D eigenvalue weighted by atomic mass is 35.5. The Kier molecular flexibility index (Phi) is 6.20. The van der Waals surface area contributed by atoms with E-state index in [1.54, 1.807) is 13.0 Å². The molecule has 0 aliphatic heterocycles. The van der Waals surface area contributed by atoms with Gasteiger partial charge in [-0.3, -0.25) is 0 Å². The van der Waals surface area contributed by atoms with Crippen LogP contribution in [0.25, 0.3) is 0 Å². The molecule has 0 atom stereocenters. The third-order valence-electron chi connectivity index (χ3n) is 2.57. The van der Waals surface area contributed by atoms with Gasteiger partial charge in [-0.2, -0.15) is 0 Å². The van der Waals surface area contributed by atoms with Crippen LogP contribution in [0.2, 0.25) is 0 Å². The standard InChI is InChI=1S/C14H17ClO3S/c1-3-19(16,17)10-9-18-14-7-6-13(5-4-8-15)11-12(14)2/h6-7,11H,3,8-10H2,1-2H3. The minimum atomic E-state index is -2.98. The monoisotopic (exact) mass is 300 g/mol. The average molecular weight is 301 g/mol. The number of aryl methyl sites for hydroxylation is 1. The maximum atomic E-state index is 11.3. The summed E-state index contributed by atoms with van der Waals surface area (Å²) in [7, 11) is -2.98. The van der Waals surface area contributed by atoms with Crippen LogP contribution in [0.15, 0.2) is 18.2 Å². The van der Waals surface area contributed by atoms with E-state index < -0.39 is 9.84 Å². The van der Waals surface area contributed by atoms with Crippen LogP contribution in [0, 0.1) is 18.8 Å². The molecule has 0 radical (unpaired) electrons. The van der Waals surface area contributed by atoms with Crippen molar-refractivity contribution in [2.45, 2.75) is 13.8 Å². The number of benzene rings is 1. The van der Waals surface area contributed by atoms with Gasteiger partial charge in [0.25, 0.3) is 0 Å². The van der Waals surface area contributed by atoms with Gasteiger partial charge in [-0.05, 0) is 30.7 Å². The fraction of sp³-hybridized carbons (Fsp3) is 0.429. The summed E-state index contributed by atoms with van der Waals surface area (Å²) in [5.41, 5.74) is 1.79. The van der Waals surface area contributed by atoms with Crippen molar-refractivity contribution in [3.8, 4) is 17.6 Å². The third kappa shape index (κ3) is 5.54. The molecule has 1 rings (SSSR count). The minimum Gasteiger partial charge on any atom is -0.492 e. The molecule has 0 aliphatic carbocycles. The van der Waals surface area contributed by atoms with Crippen molar-refractivity contribution in [3.63, 3.8) is 0 Å². The number of halogens is 1. The zero-order valence-corrected chi connectivity index (χ0v) is 12.6. The second-order valence-electron chi connectivity index (χ2n) is 4.00. The molecule has 0 N–H and O–H groups in total. The van der Waals surface area contributed by atoms with Crippen molar-refractivity contribution in [1.29, 1.82) is 0 Å². The molecule has 0 saturated carbocycles. The van der Waals surface area contributed by atoms with Crippen molar-refractivity contribution in [2.75, 3.05) is 24.0 Å². The highest BCUT2D eigenvalue weighted by Crippen LogP contribution is 2.18. The molecule has 0 amide bonds. The molecule has 0 saturated heterocycles. The first kappa shape index (κ1) is 15.9. The van der Waals surface area contributed by atoms with Crippen molar-refractivity contribution >= 4 is 21.4 Å². The molecule has 1 aromatic rings. The Morgan fingerprint density at radius 2 is 2.11 bits per heavy atom. The van der Waals surface area contributed by atoms with Crippen LogP contribution in [-0.4, -0.2) is 32.4 Å². The molecule has 3 nitrogen and oxygen atoms in total. The fourth-order valence-electron chi connectivity index (χ4n) is 1.45. The minimum absolute atomic E-state index is 0.0384. The van der Waals surface area contributed by atoms with Crippen molar-refractivity contribution in [3.05, 3.63) is 29.3 Å². The molecule has 0 spiro atoms. The van der Waals surface area contributed by atoms with E-state index in [0.29, 0.717) is 11.6 Å². The van der Waals surface area contributed by atoms with E-state index in [-0.39, 0.29) is 18.1 Å². The Labute approximate surface area is 119 Å². The fourth-order valence-corrected chi connectivity index (χ4v) is 2.14. The zero-order chi connectivity index (χ0) is 14.3. The van der Waals surface area contributed by atoms with Crippen LogP contribution >= 0.6 is 11.6 Å². The van der Waals surface area contributed by atoms with Gasteiger partial charge in [0.15, 0.2) is 9.84 Å². The van der Waals surface area contributed by atoms with E-state index in [1.165, 1.54) is 0 Å². The van der Waals surface area contributed by atoms with Crippen molar-refractivity contribution < 1.29 is 13.2 Å². The lowest BCUT2D eigenvalue weighted by Gasteiger charge is -2.09. The zero-order valence-electron chi connectivity index (χ0n) is 11.1. The maximum absolute atomic E-state index is 11.3. The van der Waals surface area contributed by atoms with E-state index in [0.717, 1.165) is 11.1 Å². The Morgan fingerprint density at radius 1 is 1.37 bits per heavy atom. The lowest BCUT2D eigenvalue weighted by Crippen LogP contribution is -2.15. The molecule has 0 unspecified atom stereocenters. The van der Waals surface area contributed by atoms with Crippen molar-refractivity contribution in [2.24, 2.45) is 0 Å². The summed E-state index contributed by atoms with van der Waals surface area (Å²) in [6, 6.07) is 5.52. The number of alkyl halides is 1. The van der Waals surface area contributed by atoms with Gasteiger partial charge in [0.1, 0.15) is 12.4 Å². The first-order chi connectivity index (χ1) is 8.98. The molecule has 0 bridgehead atoms. The second kappa shape index (κ2) is 7.42. The van der Waals surface area contributed by atoms with Crippen LogP contribution in [-0.2, 0) is 9.84 Å². The molecule has 0 aromatic heterocycles. The van der Waals surface area contributed by atoms with Crippen LogP contribution in [0.5, 0.6) is 5.75 Å². The molecular weight excluding hydrogens is 284 g/mol. The predicted molar refractivity (Wildman–Crippen MR) is 78.6 cm³/mol. The summed E-state index contributed by atoms with van der Waals surface area (Å²) in [4.78, 5) is 0. The summed E-state index contributed by atoms with van der Waals surface area (Å²) in [5, 5.41) is 0. The summed E-state index contributed by atoms with van der Waals surface area (Å²) < 4.78 is 28.2. The molecule has 0 aliphatic rings. The van der Waals surface area contributed by atoms with Crippen LogP contribution in [0.4, 0.5) is 0 Å². The Morgan fingerprint density at radius 3 is 2.68 bits per heavy atom. The maximum Gasteiger partial charge on any atom is 0.153 e. The average Bonchev–Trinajstić information content (AvgIpc) is 2.38. The first-order valence-corrected chi connectivity index (χ1v) is 8.33. The number of sulfone groups is 1. The first-order valence-electron chi connectivity index (χ1n) is 5.97. The number of hydrogen-bond acceptors (Lipinski definition) is 3. The summed E-state index contributed by atoms with van der Waals surface area (Å²) in [6.45, 7) is 3.70. The second-order valence-corrected chi connectivity index (χ2v) is 6.74. The van der Waals surface area contributed by atoms with Gasteiger partial charge >= 0.3 is 0 Å². The Hall–Kier alpha value is -1.18. The molecule has 5 heteroatoms.